The van der Waals surface area contributed by atoms with Gasteiger partial charge in [0.1, 0.15) is 6.33 Å². The molecule has 0 unspecified atom stereocenters. The van der Waals surface area contributed by atoms with Crippen LogP contribution in [-0.2, 0) is 0 Å². The SMILES string of the molecule is Cc1cncnc1C1CCCCC1. The maximum Gasteiger partial charge on any atom is 0.115 e. The molecule has 2 nitrogen and oxygen atoms in total. The van der Waals surface area contributed by atoms with E-state index < -0.39 is 0 Å². The molecule has 0 saturated heterocycles. The topological polar surface area (TPSA) is 25.8 Å². The average molecular weight is 176 g/mol. The summed E-state index contributed by atoms with van der Waals surface area (Å²) in [5, 5.41) is 0. The van der Waals surface area contributed by atoms with Gasteiger partial charge in [-0.05, 0) is 25.3 Å². The first-order valence-corrected chi connectivity index (χ1v) is 5.14. The zero-order chi connectivity index (χ0) is 9.10. The molecule has 0 aliphatic heterocycles. The smallest absolute Gasteiger partial charge is 0.115 e. The van der Waals surface area contributed by atoms with Crippen LogP contribution in [-0.4, -0.2) is 9.97 Å². The van der Waals surface area contributed by atoms with Crippen molar-refractivity contribution in [3.05, 3.63) is 23.8 Å². The summed E-state index contributed by atoms with van der Waals surface area (Å²) in [5.41, 5.74) is 2.55. The minimum atomic E-state index is 0.705. The second kappa shape index (κ2) is 3.86. The van der Waals surface area contributed by atoms with E-state index in [1.165, 1.54) is 43.4 Å². The Balaban J connectivity index is 2.18. The van der Waals surface area contributed by atoms with Crippen molar-refractivity contribution in [2.75, 3.05) is 0 Å². The van der Waals surface area contributed by atoms with Gasteiger partial charge in [0.2, 0.25) is 0 Å². The number of aromatic nitrogens is 2. The molecular formula is C11H16N2. The van der Waals surface area contributed by atoms with E-state index in [0.29, 0.717) is 5.92 Å². The van der Waals surface area contributed by atoms with Gasteiger partial charge in [0, 0.05) is 17.8 Å². The van der Waals surface area contributed by atoms with Crippen LogP contribution in [0.5, 0.6) is 0 Å². The highest BCUT2D eigenvalue weighted by Crippen LogP contribution is 2.32. The first-order valence-electron chi connectivity index (χ1n) is 5.14. The second-order valence-electron chi connectivity index (χ2n) is 3.93. The summed E-state index contributed by atoms with van der Waals surface area (Å²) in [7, 11) is 0. The van der Waals surface area contributed by atoms with E-state index >= 15 is 0 Å². The van der Waals surface area contributed by atoms with E-state index in [9.17, 15) is 0 Å². The molecule has 0 aromatic carbocycles. The van der Waals surface area contributed by atoms with Crippen LogP contribution in [0, 0.1) is 6.92 Å². The predicted molar refractivity (Wildman–Crippen MR) is 52.6 cm³/mol. The van der Waals surface area contributed by atoms with Gasteiger partial charge in [-0.15, -0.1) is 0 Å². The van der Waals surface area contributed by atoms with Crippen LogP contribution in [0.25, 0.3) is 0 Å². The Hall–Kier alpha value is -0.920. The standard InChI is InChI=1S/C11H16N2/c1-9-7-12-8-13-11(9)10-5-3-2-4-6-10/h7-8,10H,2-6H2,1H3. The molecular weight excluding hydrogens is 160 g/mol. The normalized spacial score (nSPS) is 18.8. The van der Waals surface area contributed by atoms with Crippen molar-refractivity contribution in [1.29, 1.82) is 0 Å². The fraction of sp³-hybridized carbons (Fsp3) is 0.636. The third-order valence-corrected chi connectivity index (χ3v) is 2.93. The first kappa shape index (κ1) is 8.67. The molecule has 1 fully saturated rings. The van der Waals surface area contributed by atoms with Gasteiger partial charge in [0.05, 0.1) is 0 Å². The monoisotopic (exact) mass is 176 g/mol. The molecule has 1 aromatic heterocycles. The Morgan fingerprint density at radius 3 is 2.69 bits per heavy atom. The zero-order valence-corrected chi connectivity index (χ0v) is 8.16. The number of hydrogen-bond donors (Lipinski definition) is 0. The van der Waals surface area contributed by atoms with Gasteiger partial charge >= 0.3 is 0 Å². The van der Waals surface area contributed by atoms with E-state index in [2.05, 4.69) is 16.9 Å². The van der Waals surface area contributed by atoms with Crippen molar-refractivity contribution >= 4 is 0 Å². The van der Waals surface area contributed by atoms with Crippen molar-refractivity contribution in [1.82, 2.24) is 9.97 Å². The maximum absolute atomic E-state index is 4.39. The third kappa shape index (κ3) is 1.87. The van der Waals surface area contributed by atoms with E-state index in [4.69, 9.17) is 0 Å². The van der Waals surface area contributed by atoms with Gasteiger partial charge in [-0.25, -0.2) is 9.97 Å². The lowest BCUT2D eigenvalue weighted by Gasteiger charge is -2.21. The first-order chi connectivity index (χ1) is 6.38. The van der Waals surface area contributed by atoms with E-state index in [-0.39, 0.29) is 0 Å². The molecule has 2 rings (SSSR count). The van der Waals surface area contributed by atoms with Crippen LogP contribution in [0.2, 0.25) is 0 Å². The largest absolute Gasteiger partial charge is 0.245 e. The molecule has 70 valence electrons. The molecule has 1 saturated carbocycles. The van der Waals surface area contributed by atoms with Gasteiger partial charge in [0.15, 0.2) is 0 Å². The Kier molecular flexibility index (Phi) is 2.57. The number of rotatable bonds is 1. The molecule has 1 aromatic rings. The Morgan fingerprint density at radius 1 is 1.23 bits per heavy atom. The number of hydrogen-bond acceptors (Lipinski definition) is 2. The molecule has 0 N–H and O–H groups in total. The molecule has 0 spiro atoms. The molecule has 0 radical (unpaired) electrons. The van der Waals surface area contributed by atoms with Gasteiger partial charge in [-0.1, -0.05) is 19.3 Å². The van der Waals surface area contributed by atoms with Crippen LogP contribution in [0.4, 0.5) is 0 Å². The molecule has 0 atom stereocenters. The van der Waals surface area contributed by atoms with Crippen molar-refractivity contribution in [3.63, 3.8) is 0 Å². The van der Waals surface area contributed by atoms with Crippen molar-refractivity contribution < 1.29 is 0 Å². The van der Waals surface area contributed by atoms with Crippen LogP contribution >= 0.6 is 0 Å². The van der Waals surface area contributed by atoms with Gasteiger partial charge in [-0.2, -0.15) is 0 Å². The Bertz CT molecular complexity index is 277. The molecule has 0 amide bonds. The third-order valence-electron chi connectivity index (χ3n) is 2.93. The molecule has 1 heterocycles. The average Bonchev–Trinajstić information content (AvgIpc) is 2.20. The van der Waals surface area contributed by atoms with Crippen LogP contribution in [0.3, 0.4) is 0 Å². The quantitative estimate of drug-likeness (QED) is 0.657. The highest BCUT2D eigenvalue weighted by atomic mass is 14.8. The highest BCUT2D eigenvalue weighted by Gasteiger charge is 2.17. The summed E-state index contributed by atoms with van der Waals surface area (Å²) in [6.45, 7) is 2.12. The van der Waals surface area contributed by atoms with E-state index in [1.807, 2.05) is 6.20 Å². The van der Waals surface area contributed by atoms with Crippen molar-refractivity contribution in [3.8, 4) is 0 Å². The summed E-state index contributed by atoms with van der Waals surface area (Å²) < 4.78 is 0. The van der Waals surface area contributed by atoms with Crippen molar-refractivity contribution in [2.45, 2.75) is 44.9 Å². The molecule has 13 heavy (non-hydrogen) atoms. The summed E-state index contributed by atoms with van der Waals surface area (Å²) >= 11 is 0. The Morgan fingerprint density at radius 2 is 2.00 bits per heavy atom. The fourth-order valence-corrected chi connectivity index (χ4v) is 2.21. The lowest BCUT2D eigenvalue weighted by Crippen LogP contribution is -2.08. The van der Waals surface area contributed by atoms with Gasteiger partial charge < -0.3 is 0 Å². The van der Waals surface area contributed by atoms with E-state index in [1.54, 1.807) is 6.33 Å². The lowest BCUT2D eigenvalue weighted by molar-refractivity contribution is 0.434. The summed E-state index contributed by atoms with van der Waals surface area (Å²) in [4.78, 5) is 8.42. The lowest BCUT2D eigenvalue weighted by atomic mass is 9.85. The Labute approximate surface area is 79.4 Å². The van der Waals surface area contributed by atoms with Gasteiger partial charge in [-0.3, -0.25) is 0 Å². The predicted octanol–water partition coefficient (Wildman–Crippen LogP) is 2.83. The van der Waals surface area contributed by atoms with Crippen molar-refractivity contribution in [2.24, 2.45) is 0 Å². The minimum absolute atomic E-state index is 0.705. The second-order valence-corrected chi connectivity index (χ2v) is 3.93. The summed E-state index contributed by atoms with van der Waals surface area (Å²) in [6.07, 6.45) is 10.4. The molecule has 1 aliphatic carbocycles. The zero-order valence-electron chi connectivity index (χ0n) is 8.16. The highest BCUT2D eigenvalue weighted by molar-refractivity contribution is 5.18. The van der Waals surface area contributed by atoms with E-state index in [0.717, 1.165) is 0 Å². The fourth-order valence-electron chi connectivity index (χ4n) is 2.21. The van der Waals surface area contributed by atoms with Crippen LogP contribution in [0.15, 0.2) is 12.5 Å². The maximum atomic E-state index is 4.39. The summed E-state index contributed by atoms with van der Waals surface area (Å²) in [5.74, 6) is 0.705. The van der Waals surface area contributed by atoms with Crippen LogP contribution in [0.1, 0.15) is 49.3 Å². The number of nitrogens with zero attached hydrogens (tertiary/aromatic N) is 2. The van der Waals surface area contributed by atoms with Crippen LogP contribution < -0.4 is 0 Å². The molecule has 2 heteroatoms. The minimum Gasteiger partial charge on any atom is -0.245 e. The number of aryl methyl sites for hydroxylation is 1. The molecule has 1 aliphatic rings. The summed E-state index contributed by atoms with van der Waals surface area (Å²) in [6, 6.07) is 0. The van der Waals surface area contributed by atoms with Gasteiger partial charge in [0.25, 0.3) is 0 Å². The molecule has 0 bridgehead atoms.